The molecule has 5 heteroatoms. The van der Waals surface area contributed by atoms with Gasteiger partial charge in [-0.2, -0.15) is 0 Å². The average molecular weight is 326 g/mol. The molecular weight excluding hydrogens is 304 g/mol. The summed E-state index contributed by atoms with van der Waals surface area (Å²) in [5.74, 6) is 0.735. The number of hydrogen-bond acceptors (Lipinski definition) is 3. The van der Waals surface area contributed by atoms with Gasteiger partial charge >= 0.3 is 0 Å². The number of H-pyrrole nitrogens is 1. The van der Waals surface area contributed by atoms with Gasteiger partial charge < -0.3 is 14.6 Å². The van der Waals surface area contributed by atoms with E-state index in [9.17, 15) is 9.59 Å². The number of carbonyl (C=O) groups is 2. The summed E-state index contributed by atoms with van der Waals surface area (Å²) in [5, 5.41) is 0. The normalized spacial score (nSPS) is 17.1. The van der Waals surface area contributed by atoms with Crippen LogP contribution in [0.4, 0.5) is 0 Å². The molecule has 24 heavy (non-hydrogen) atoms. The highest BCUT2D eigenvalue weighted by Gasteiger charge is 2.31. The largest absolute Gasteiger partial charge is 0.489 e. The molecule has 0 unspecified atom stereocenters. The number of ketones is 1. The number of aromatic amines is 1. The summed E-state index contributed by atoms with van der Waals surface area (Å²) in [6, 6.07) is 9.65. The van der Waals surface area contributed by atoms with Crippen molar-refractivity contribution in [1.82, 2.24) is 9.88 Å². The summed E-state index contributed by atoms with van der Waals surface area (Å²) >= 11 is 0. The van der Waals surface area contributed by atoms with Crippen LogP contribution in [0.3, 0.4) is 0 Å². The topological polar surface area (TPSA) is 62.4 Å². The van der Waals surface area contributed by atoms with Gasteiger partial charge in [-0.25, -0.2) is 0 Å². The SMILES string of the molecule is CC(=O)c1[nH]c(C)c(C(=O)N2CC[C@H](Oc3ccccc3)C2)c1C. The highest BCUT2D eigenvalue weighted by molar-refractivity contribution is 6.02. The fourth-order valence-electron chi connectivity index (χ4n) is 3.28. The Kier molecular flexibility index (Phi) is 4.42. The van der Waals surface area contributed by atoms with Gasteiger partial charge in [0.15, 0.2) is 5.78 Å². The van der Waals surface area contributed by atoms with Gasteiger partial charge in [-0.05, 0) is 31.5 Å². The Morgan fingerprint density at radius 1 is 1.21 bits per heavy atom. The Morgan fingerprint density at radius 3 is 2.54 bits per heavy atom. The predicted molar refractivity (Wildman–Crippen MR) is 91.6 cm³/mol. The summed E-state index contributed by atoms with van der Waals surface area (Å²) in [4.78, 5) is 29.4. The lowest BCUT2D eigenvalue weighted by Crippen LogP contribution is -2.31. The van der Waals surface area contributed by atoms with E-state index in [0.717, 1.165) is 23.4 Å². The van der Waals surface area contributed by atoms with Crippen molar-refractivity contribution in [2.45, 2.75) is 33.3 Å². The van der Waals surface area contributed by atoms with Crippen LogP contribution in [0.1, 0.15) is 45.4 Å². The molecule has 0 radical (unpaired) electrons. The third-order valence-corrected chi connectivity index (χ3v) is 4.48. The maximum Gasteiger partial charge on any atom is 0.256 e. The van der Waals surface area contributed by atoms with Crippen LogP contribution in [-0.4, -0.2) is 40.8 Å². The molecule has 1 aliphatic rings. The minimum atomic E-state index is -0.0543. The Bertz CT molecular complexity index is 764. The average Bonchev–Trinajstić information content (AvgIpc) is 3.12. The molecule has 0 bridgehead atoms. The number of Topliss-reactive ketones (excluding diaryl/α,β-unsaturated/α-hetero) is 1. The van der Waals surface area contributed by atoms with E-state index in [4.69, 9.17) is 4.74 Å². The second-order valence-electron chi connectivity index (χ2n) is 6.27. The lowest BCUT2D eigenvalue weighted by atomic mass is 10.1. The zero-order valence-corrected chi connectivity index (χ0v) is 14.3. The summed E-state index contributed by atoms with van der Waals surface area (Å²) < 4.78 is 5.94. The Balaban J connectivity index is 1.72. The Hall–Kier alpha value is -2.56. The summed E-state index contributed by atoms with van der Waals surface area (Å²) in [6.07, 6.45) is 0.811. The van der Waals surface area contributed by atoms with Crippen molar-refractivity contribution < 1.29 is 14.3 Å². The number of benzene rings is 1. The number of aromatic nitrogens is 1. The van der Waals surface area contributed by atoms with Gasteiger partial charge in [0.1, 0.15) is 11.9 Å². The van der Waals surface area contributed by atoms with E-state index in [2.05, 4.69) is 4.98 Å². The van der Waals surface area contributed by atoms with Gasteiger partial charge in [0.2, 0.25) is 0 Å². The highest BCUT2D eigenvalue weighted by Crippen LogP contribution is 2.24. The maximum absolute atomic E-state index is 12.9. The molecule has 2 heterocycles. The first-order chi connectivity index (χ1) is 11.5. The number of amides is 1. The summed E-state index contributed by atoms with van der Waals surface area (Å²) in [7, 11) is 0. The van der Waals surface area contributed by atoms with Crippen molar-refractivity contribution in [3.05, 3.63) is 52.8 Å². The number of para-hydroxylation sites is 1. The van der Waals surface area contributed by atoms with Crippen LogP contribution in [-0.2, 0) is 0 Å². The Morgan fingerprint density at radius 2 is 1.92 bits per heavy atom. The van der Waals surface area contributed by atoms with Crippen molar-refractivity contribution in [3.8, 4) is 5.75 Å². The third kappa shape index (κ3) is 3.07. The first-order valence-corrected chi connectivity index (χ1v) is 8.18. The van der Waals surface area contributed by atoms with Gasteiger partial charge in [-0.1, -0.05) is 18.2 Å². The molecule has 1 aromatic carbocycles. The molecular formula is C19H22N2O3. The standard InChI is InChI=1S/C19H22N2O3/c1-12-17(13(2)20-18(12)14(3)22)19(23)21-10-9-16(11-21)24-15-7-5-4-6-8-15/h4-8,16,20H,9-11H2,1-3H3/t16-/m0/s1. The van der Waals surface area contributed by atoms with Crippen molar-refractivity contribution in [2.75, 3.05) is 13.1 Å². The number of nitrogens with zero attached hydrogens (tertiary/aromatic N) is 1. The zero-order chi connectivity index (χ0) is 17.3. The van der Waals surface area contributed by atoms with Gasteiger partial charge in [0.25, 0.3) is 5.91 Å². The van der Waals surface area contributed by atoms with Crippen LogP contribution in [0.15, 0.2) is 30.3 Å². The van der Waals surface area contributed by atoms with Crippen LogP contribution in [0.5, 0.6) is 5.75 Å². The van der Waals surface area contributed by atoms with Gasteiger partial charge in [0.05, 0.1) is 17.8 Å². The fraction of sp³-hybridized carbons (Fsp3) is 0.368. The quantitative estimate of drug-likeness (QED) is 0.878. The summed E-state index contributed by atoms with van der Waals surface area (Å²) in [6.45, 7) is 6.39. The second kappa shape index (κ2) is 6.51. The number of likely N-dealkylation sites (tertiary alicyclic amines) is 1. The highest BCUT2D eigenvalue weighted by atomic mass is 16.5. The van der Waals surface area contributed by atoms with Crippen molar-refractivity contribution >= 4 is 11.7 Å². The molecule has 1 N–H and O–H groups in total. The van der Waals surface area contributed by atoms with E-state index in [-0.39, 0.29) is 17.8 Å². The van der Waals surface area contributed by atoms with Crippen molar-refractivity contribution in [3.63, 3.8) is 0 Å². The predicted octanol–water partition coefficient (Wildman–Crippen LogP) is 3.13. The van der Waals surface area contributed by atoms with Gasteiger partial charge in [-0.3, -0.25) is 9.59 Å². The smallest absolute Gasteiger partial charge is 0.256 e. The fourth-order valence-corrected chi connectivity index (χ4v) is 3.28. The molecule has 1 aromatic heterocycles. The van der Waals surface area contributed by atoms with E-state index in [1.807, 2.05) is 44.2 Å². The van der Waals surface area contributed by atoms with Gasteiger partial charge in [0, 0.05) is 25.6 Å². The second-order valence-corrected chi connectivity index (χ2v) is 6.27. The zero-order valence-electron chi connectivity index (χ0n) is 14.3. The molecule has 1 saturated heterocycles. The van der Waals surface area contributed by atoms with Crippen LogP contribution in [0.2, 0.25) is 0 Å². The first-order valence-electron chi connectivity index (χ1n) is 8.18. The van der Waals surface area contributed by atoms with Crippen LogP contribution in [0.25, 0.3) is 0 Å². The van der Waals surface area contributed by atoms with Crippen LogP contribution < -0.4 is 4.74 Å². The third-order valence-electron chi connectivity index (χ3n) is 4.48. The number of rotatable bonds is 4. The van der Waals surface area contributed by atoms with Crippen molar-refractivity contribution in [1.29, 1.82) is 0 Å². The number of nitrogens with one attached hydrogen (secondary N) is 1. The molecule has 3 rings (SSSR count). The number of ether oxygens (including phenoxy) is 1. The van der Waals surface area contributed by atoms with Gasteiger partial charge in [-0.15, -0.1) is 0 Å². The van der Waals surface area contributed by atoms with E-state index in [1.165, 1.54) is 6.92 Å². The molecule has 1 aliphatic heterocycles. The molecule has 1 atom stereocenters. The molecule has 2 aromatic rings. The minimum Gasteiger partial charge on any atom is -0.489 e. The van der Waals surface area contributed by atoms with Crippen LogP contribution >= 0.6 is 0 Å². The molecule has 1 amide bonds. The van der Waals surface area contributed by atoms with Crippen molar-refractivity contribution in [2.24, 2.45) is 0 Å². The molecule has 0 aliphatic carbocycles. The van der Waals surface area contributed by atoms with E-state index >= 15 is 0 Å². The minimum absolute atomic E-state index is 0.00295. The maximum atomic E-state index is 12.9. The van der Waals surface area contributed by atoms with E-state index < -0.39 is 0 Å². The van der Waals surface area contributed by atoms with E-state index in [0.29, 0.717) is 24.3 Å². The number of carbonyl (C=O) groups excluding carboxylic acids is 2. The molecule has 5 nitrogen and oxygen atoms in total. The number of hydrogen-bond donors (Lipinski definition) is 1. The number of aryl methyl sites for hydroxylation is 1. The summed E-state index contributed by atoms with van der Waals surface area (Å²) in [5.41, 5.74) is 2.61. The lowest BCUT2D eigenvalue weighted by Gasteiger charge is -2.18. The molecule has 1 fully saturated rings. The van der Waals surface area contributed by atoms with E-state index in [1.54, 1.807) is 4.90 Å². The lowest BCUT2D eigenvalue weighted by molar-refractivity contribution is 0.0771. The molecule has 0 spiro atoms. The van der Waals surface area contributed by atoms with Crippen LogP contribution in [0, 0.1) is 13.8 Å². The Labute approximate surface area is 141 Å². The monoisotopic (exact) mass is 326 g/mol. The first kappa shape index (κ1) is 16.3. The molecule has 0 saturated carbocycles. The molecule has 126 valence electrons.